The second-order valence-electron chi connectivity index (χ2n) is 4.62. The minimum Gasteiger partial charge on any atom is -0.391 e. The molecule has 2 N–H and O–H groups in total. The molecular formula is C12H21NO3S2. The van der Waals surface area contributed by atoms with Gasteiger partial charge in [-0.05, 0) is 30.7 Å². The van der Waals surface area contributed by atoms with E-state index in [0.717, 1.165) is 6.42 Å². The number of hydrogen-bond donors (Lipinski definition) is 2. The van der Waals surface area contributed by atoms with Gasteiger partial charge in [-0.25, -0.2) is 13.1 Å². The van der Waals surface area contributed by atoms with Crippen LogP contribution >= 0.6 is 11.3 Å². The lowest BCUT2D eigenvalue weighted by atomic mass is 10.0. The number of sulfonamides is 1. The lowest BCUT2D eigenvalue weighted by Crippen LogP contribution is -2.37. The summed E-state index contributed by atoms with van der Waals surface area (Å²) in [5, 5.41) is 11.0. The smallest absolute Gasteiger partial charge is 0.242 e. The van der Waals surface area contributed by atoms with Crippen molar-refractivity contribution in [3.8, 4) is 0 Å². The van der Waals surface area contributed by atoms with Crippen LogP contribution in [0.25, 0.3) is 0 Å². The maximum atomic E-state index is 12.3. The first kappa shape index (κ1) is 15.6. The standard InChI is InChI=1S/C12H21NO3S2/c1-5-8(2)10(4)13-18(15,16)12-9(3)7-17-11(12)6-14/h7-8,10,13-14H,5-6H2,1-4H3. The zero-order chi connectivity index (χ0) is 13.9. The Kier molecular flexibility index (Phi) is 5.33. The summed E-state index contributed by atoms with van der Waals surface area (Å²) in [5.41, 5.74) is 0.688. The molecular weight excluding hydrogens is 270 g/mol. The average Bonchev–Trinajstić information content (AvgIpc) is 2.69. The number of nitrogens with one attached hydrogen (secondary N) is 1. The van der Waals surface area contributed by atoms with Crippen molar-refractivity contribution in [3.05, 3.63) is 15.8 Å². The van der Waals surface area contributed by atoms with Crippen LogP contribution in [-0.2, 0) is 16.6 Å². The Morgan fingerprint density at radius 1 is 1.44 bits per heavy atom. The van der Waals surface area contributed by atoms with Crippen LogP contribution in [0.4, 0.5) is 0 Å². The highest BCUT2D eigenvalue weighted by Crippen LogP contribution is 2.27. The molecule has 0 radical (unpaired) electrons. The first-order valence-electron chi connectivity index (χ1n) is 6.03. The van der Waals surface area contributed by atoms with Crippen molar-refractivity contribution in [1.82, 2.24) is 4.72 Å². The van der Waals surface area contributed by atoms with E-state index in [1.807, 2.05) is 20.8 Å². The van der Waals surface area contributed by atoms with E-state index in [1.54, 1.807) is 12.3 Å². The molecule has 1 aromatic rings. The molecule has 0 saturated carbocycles. The highest BCUT2D eigenvalue weighted by Gasteiger charge is 2.25. The maximum absolute atomic E-state index is 12.3. The molecule has 0 amide bonds. The molecule has 1 rings (SSSR count). The van der Waals surface area contributed by atoms with Gasteiger partial charge in [0.05, 0.1) is 11.5 Å². The van der Waals surface area contributed by atoms with Gasteiger partial charge in [-0.2, -0.15) is 0 Å². The minimum atomic E-state index is -3.54. The van der Waals surface area contributed by atoms with Crippen LogP contribution in [0.15, 0.2) is 10.3 Å². The van der Waals surface area contributed by atoms with Crippen LogP contribution in [-0.4, -0.2) is 19.6 Å². The van der Waals surface area contributed by atoms with E-state index in [-0.39, 0.29) is 23.5 Å². The average molecular weight is 291 g/mol. The molecule has 18 heavy (non-hydrogen) atoms. The van der Waals surface area contributed by atoms with Crippen molar-refractivity contribution >= 4 is 21.4 Å². The van der Waals surface area contributed by atoms with Crippen LogP contribution in [0.5, 0.6) is 0 Å². The summed E-state index contributed by atoms with van der Waals surface area (Å²) in [6.45, 7) is 7.42. The molecule has 6 heteroatoms. The fourth-order valence-corrected chi connectivity index (χ4v) is 4.74. The summed E-state index contributed by atoms with van der Waals surface area (Å²) < 4.78 is 27.3. The van der Waals surface area contributed by atoms with Crippen molar-refractivity contribution in [2.75, 3.05) is 0 Å². The van der Waals surface area contributed by atoms with Crippen molar-refractivity contribution in [1.29, 1.82) is 0 Å². The Morgan fingerprint density at radius 2 is 2.06 bits per heavy atom. The molecule has 4 nitrogen and oxygen atoms in total. The third-order valence-electron chi connectivity index (χ3n) is 3.24. The predicted octanol–water partition coefficient (Wildman–Crippen LogP) is 2.26. The van der Waals surface area contributed by atoms with E-state index < -0.39 is 10.0 Å². The zero-order valence-corrected chi connectivity index (χ0v) is 12.9. The molecule has 0 fully saturated rings. The summed E-state index contributed by atoms with van der Waals surface area (Å²) >= 11 is 1.28. The molecule has 1 heterocycles. The summed E-state index contributed by atoms with van der Waals surface area (Å²) in [5.74, 6) is 0.274. The number of hydrogen-bond acceptors (Lipinski definition) is 4. The van der Waals surface area contributed by atoms with Crippen LogP contribution in [0, 0.1) is 12.8 Å². The van der Waals surface area contributed by atoms with Crippen molar-refractivity contribution in [2.45, 2.75) is 51.7 Å². The second-order valence-corrected chi connectivity index (χ2v) is 7.24. The number of rotatable bonds is 6. The first-order chi connectivity index (χ1) is 8.33. The van der Waals surface area contributed by atoms with E-state index in [2.05, 4.69) is 4.72 Å². The molecule has 1 aromatic heterocycles. The molecule has 104 valence electrons. The Labute approximate surface area is 113 Å². The maximum Gasteiger partial charge on any atom is 0.242 e. The summed E-state index contributed by atoms with van der Waals surface area (Å²) in [6, 6.07) is -0.120. The molecule has 0 aliphatic rings. The molecule has 0 aliphatic heterocycles. The SMILES string of the molecule is CCC(C)C(C)NS(=O)(=O)c1c(C)csc1CO. The lowest BCUT2D eigenvalue weighted by molar-refractivity contribution is 0.282. The zero-order valence-electron chi connectivity index (χ0n) is 11.2. The van der Waals surface area contributed by atoms with Gasteiger partial charge in [0.15, 0.2) is 0 Å². The van der Waals surface area contributed by atoms with Crippen LogP contribution in [0.1, 0.15) is 37.6 Å². The lowest BCUT2D eigenvalue weighted by Gasteiger charge is -2.20. The quantitative estimate of drug-likeness (QED) is 0.845. The molecule has 0 aliphatic carbocycles. The highest BCUT2D eigenvalue weighted by atomic mass is 32.2. The molecule has 2 unspecified atom stereocenters. The normalized spacial score (nSPS) is 15.6. The van der Waals surface area contributed by atoms with Crippen LogP contribution in [0.3, 0.4) is 0 Å². The fourth-order valence-electron chi connectivity index (χ4n) is 1.73. The predicted molar refractivity (Wildman–Crippen MR) is 74.2 cm³/mol. The monoisotopic (exact) mass is 291 g/mol. The third-order valence-corrected chi connectivity index (χ3v) is 6.25. The Bertz CT molecular complexity index is 493. The topological polar surface area (TPSA) is 66.4 Å². The van der Waals surface area contributed by atoms with Crippen molar-refractivity contribution < 1.29 is 13.5 Å². The number of aliphatic hydroxyl groups excluding tert-OH is 1. The first-order valence-corrected chi connectivity index (χ1v) is 8.39. The largest absolute Gasteiger partial charge is 0.391 e. The van der Waals surface area contributed by atoms with Crippen LogP contribution < -0.4 is 4.72 Å². The third kappa shape index (κ3) is 3.32. The van der Waals surface area contributed by atoms with E-state index in [0.29, 0.717) is 10.4 Å². The molecule has 2 atom stereocenters. The summed E-state index contributed by atoms with van der Waals surface area (Å²) in [6.07, 6.45) is 0.916. The number of thiophene rings is 1. The van der Waals surface area contributed by atoms with Crippen molar-refractivity contribution in [3.63, 3.8) is 0 Å². The highest BCUT2D eigenvalue weighted by molar-refractivity contribution is 7.89. The second kappa shape index (κ2) is 6.14. The van der Waals surface area contributed by atoms with Gasteiger partial charge in [0.1, 0.15) is 4.90 Å². The van der Waals surface area contributed by atoms with Gasteiger partial charge in [0.25, 0.3) is 0 Å². The van der Waals surface area contributed by atoms with E-state index in [4.69, 9.17) is 0 Å². The minimum absolute atomic E-state index is 0.120. The molecule has 0 saturated heterocycles. The Balaban J connectivity index is 3.03. The number of aliphatic hydroxyl groups is 1. The molecule has 0 aromatic carbocycles. The van der Waals surface area contributed by atoms with Crippen LogP contribution in [0.2, 0.25) is 0 Å². The van der Waals surface area contributed by atoms with Gasteiger partial charge in [-0.3, -0.25) is 0 Å². The molecule has 0 bridgehead atoms. The van der Waals surface area contributed by atoms with Gasteiger partial charge in [0, 0.05) is 6.04 Å². The van der Waals surface area contributed by atoms with E-state index in [1.165, 1.54) is 11.3 Å². The van der Waals surface area contributed by atoms with Gasteiger partial charge in [-0.15, -0.1) is 11.3 Å². The Morgan fingerprint density at radius 3 is 2.56 bits per heavy atom. The molecule has 0 spiro atoms. The van der Waals surface area contributed by atoms with Gasteiger partial charge in [-0.1, -0.05) is 20.3 Å². The van der Waals surface area contributed by atoms with Gasteiger partial charge in [0.2, 0.25) is 10.0 Å². The summed E-state index contributed by atoms with van der Waals surface area (Å²) in [4.78, 5) is 0.738. The number of aryl methyl sites for hydroxylation is 1. The summed E-state index contributed by atoms with van der Waals surface area (Å²) in [7, 11) is -3.54. The van der Waals surface area contributed by atoms with E-state index >= 15 is 0 Å². The van der Waals surface area contributed by atoms with Crippen molar-refractivity contribution in [2.24, 2.45) is 5.92 Å². The van der Waals surface area contributed by atoms with E-state index in [9.17, 15) is 13.5 Å². The fraction of sp³-hybridized carbons (Fsp3) is 0.667. The Hall–Kier alpha value is -0.430. The van der Waals surface area contributed by atoms with Gasteiger partial charge >= 0.3 is 0 Å². The van der Waals surface area contributed by atoms with Gasteiger partial charge < -0.3 is 5.11 Å².